The van der Waals surface area contributed by atoms with Crippen molar-refractivity contribution in [1.82, 2.24) is 0 Å². The molecule has 0 bridgehead atoms. The zero-order chi connectivity index (χ0) is 13.9. The topological polar surface area (TPSA) is 80.4 Å². The number of carboxylic acids is 1. The molecule has 0 heterocycles. The molecule has 1 rings (SSSR count). The monoisotopic (exact) mass is 309 g/mol. The second-order valence-corrected chi connectivity index (χ2v) is 5.38. The number of thioether (sulfide) groups is 1. The minimum absolute atomic E-state index is 0.0823. The van der Waals surface area contributed by atoms with Crippen molar-refractivity contribution in [1.29, 1.82) is 0 Å². The van der Waals surface area contributed by atoms with Crippen LogP contribution in [0.25, 0.3) is 0 Å². The first kappa shape index (κ1) is 15.1. The first-order valence-electron chi connectivity index (χ1n) is 4.89. The Morgan fingerprint density at radius 2 is 2.00 bits per heavy atom. The third kappa shape index (κ3) is 3.51. The van der Waals surface area contributed by atoms with Gasteiger partial charge in [-0.1, -0.05) is 30.1 Å². The second kappa shape index (κ2) is 6.26. The van der Waals surface area contributed by atoms with E-state index in [1.54, 1.807) is 6.92 Å². The molecule has 0 spiro atoms. The van der Waals surface area contributed by atoms with E-state index in [4.69, 9.17) is 28.3 Å². The molecule has 0 saturated heterocycles. The highest BCUT2D eigenvalue weighted by Crippen LogP contribution is 2.39. The molecular formula is C10H9Cl2NO4S. The summed E-state index contributed by atoms with van der Waals surface area (Å²) in [6.07, 6.45) is 0.393. The van der Waals surface area contributed by atoms with Crippen molar-refractivity contribution in [2.24, 2.45) is 0 Å². The number of carboxylic acid groups (broad SMARTS) is 1. The molecule has 1 atom stereocenters. The molecule has 0 amide bonds. The molecule has 0 aliphatic heterocycles. The van der Waals surface area contributed by atoms with Crippen LogP contribution in [0.4, 0.5) is 5.69 Å². The van der Waals surface area contributed by atoms with E-state index < -0.39 is 16.1 Å². The van der Waals surface area contributed by atoms with Gasteiger partial charge in [-0.3, -0.25) is 14.9 Å². The summed E-state index contributed by atoms with van der Waals surface area (Å²) < 4.78 is 0. The molecule has 0 fully saturated rings. The van der Waals surface area contributed by atoms with Crippen molar-refractivity contribution >= 4 is 46.6 Å². The number of hydrogen-bond donors (Lipinski definition) is 1. The van der Waals surface area contributed by atoms with Gasteiger partial charge in [0.2, 0.25) is 0 Å². The largest absolute Gasteiger partial charge is 0.480 e. The van der Waals surface area contributed by atoms with E-state index in [-0.39, 0.29) is 15.7 Å². The second-order valence-electron chi connectivity index (χ2n) is 3.35. The summed E-state index contributed by atoms with van der Waals surface area (Å²) in [7, 11) is 0. The normalized spacial score (nSPS) is 12.2. The highest BCUT2D eigenvalue weighted by atomic mass is 35.5. The molecule has 0 aromatic heterocycles. The smallest absolute Gasteiger partial charge is 0.316 e. The van der Waals surface area contributed by atoms with Crippen LogP contribution in [-0.4, -0.2) is 21.2 Å². The van der Waals surface area contributed by atoms with E-state index in [0.717, 1.165) is 23.9 Å². The van der Waals surface area contributed by atoms with Gasteiger partial charge in [-0.2, -0.15) is 0 Å². The van der Waals surface area contributed by atoms with Crippen LogP contribution in [0.15, 0.2) is 17.0 Å². The Bertz CT molecular complexity index is 472. The number of rotatable bonds is 5. The summed E-state index contributed by atoms with van der Waals surface area (Å²) in [5.41, 5.74) is -0.224. The molecule has 98 valence electrons. The number of benzene rings is 1. The molecule has 8 heteroatoms. The maximum Gasteiger partial charge on any atom is 0.316 e. The zero-order valence-electron chi connectivity index (χ0n) is 9.22. The quantitative estimate of drug-likeness (QED) is 0.507. The van der Waals surface area contributed by atoms with E-state index in [1.807, 2.05) is 0 Å². The van der Waals surface area contributed by atoms with Crippen LogP contribution in [-0.2, 0) is 4.79 Å². The van der Waals surface area contributed by atoms with Gasteiger partial charge in [-0.15, -0.1) is 11.8 Å². The fourth-order valence-corrected chi connectivity index (χ4v) is 2.85. The average molecular weight is 310 g/mol. The Hall–Kier alpha value is -0.980. The van der Waals surface area contributed by atoms with Gasteiger partial charge in [0, 0.05) is 17.0 Å². The van der Waals surface area contributed by atoms with Gasteiger partial charge in [0.25, 0.3) is 5.69 Å². The van der Waals surface area contributed by atoms with Gasteiger partial charge in [-0.25, -0.2) is 0 Å². The van der Waals surface area contributed by atoms with E-state index >= 15 is 0 Å². The summed E-state index contributed by atoms with van der Waals surface area (Å²) in [6.45, 7) is 1.72. The Morgan fingerprint density at radius 3 is 2.33 bits per heavy atom. The summed E-state index contributed by atoms with van der Waals surface area (Å²) >= 11 is 12.7. The number of nitro benzene ring substituents is 1. The molecule has 0 aliphatic carbocycles. The molecule has 1 unspecified atom stereocenters. The highest BCUT2D eigenvalue weighted by Gasteiger charge is 2.22. The van der Waals surface area contributed by atoms with Crippen LogP contribution >= 0.6 is 35.0 Å². The third-order valence-corrected chi connectivity index (χ3v) is 4.42. The van der Waals surface area contributed by atoms with Crippen LogP contribution in [0.5, 0.6) is 0 Å². The van der Waals surface area contributed by atoms with Gasteiger partial charge in [0.15, 0.2) is 0 Å². The molecule has 5 nitrogen and oxygen atoms in total. The molecule has 1 N–H and O–H groups in total. The number of carbonyl (C=O) groups is 1. The number of non-ortho nitro benzene ring substituents is 1. The van der Waals surface area contributed by atoms with Crippen LogP contribution in [0.3, 0.4) is 0 Å². The summed E-state index contributed by atoms with van der Waals surface area (Å²) in [5, 5.41) is 19.0. The maximum atomic E-state index is 10.9. The lowest BCUT2D eigenvalue weighted by Gasteiger charge is -2.11. The van der Waals surface area contributed by atoms with E-state index in [2.05, 4.69) is 0 Å². The van der Waals surface area contributed by atoms with E-state index in [0.29, 0.717) is 11.3 Å². The fourth-order valence-electron chi connectivity index (χ4n) is 1.22. The van der Waals surface area contributed by atoms with Crippen LogP contribution in [0.2, 0.25) is 10.0 Å². The predicted octanol–water partition coefficient (Wildman–Crippen LogP) is 3.86. The molecule has 0 radical (unpaired) electrons. The molecular weight excluding hydrogens is 301 g/mol. The maximum absolute atomic E-state index is 10.9. The molecule has 1 aromatic carbocycles. The Kier molecular flexibility index (Phi) is 5.25. The third-order valence-electron chi connectivity index (χ3n) is 2.10. The zero-order valence-corrected chi connectivity index (χ0v) is 11.6. The standard InChI is InChI=1S/C10H9Cl2NO4S/c1-2-8(10(14)15)18-9-6(11)3-5(13(16)17)4-7(9)12/h3-4,8H,2H2,1H3,(H,14,15). The van der Waals surface area contributed by atoms with Crippen LogP contribution in [0.1, 0.15) is 13.3 Å². The lowest BCUT2D eigenvalue weighted by atomic mass is 10.3. The Balaban J connectivity index is 3.10. The van der Waals surface area contributed by atoms with Gasteiger partial charge >= 0.3 is 5.97 Å². The minimum Gasteiger partial charge on any atom is -0.480 e. The summed E-state index contributed by atoms with van der Waals surface area (Å²) in [5.74, 6) is -0.979. The lowest BCUT2D eigenvalue weighted by Crippen LogP contribution is -2.14. The minimum atomic E-state index is -0.979. The van der Waals surface area contributed by atoms with Gasteiger partial charge in [0.05, 0.1) is 15.0 Å². The van der Waals surface area contributed by atoms with Crippen molar-refractivity contribution in [3.05, 3.63) is 32.3 Å². The van der Waals surface area contributed by atoms with Gasteiger partial charge in [0.1, 0.15) is 5.25 Å². The van der Waals surface area contributed by atoms with Crippen molar-refractivity contribution in [3.8, 4) is 0 Å². The lowest BCUT2D eigenvalue weighted by molar-refractivity contribution is -0.384. The number of aliphatic carboxylic acids is 1. The van der Waals surface area contributed by atoms with Crippen molar-refractivity contribution in [3.63, 3.8) is 0 Å². The van der Waals surface area contributed by atoms with Crippen molar-refractivity contribution < 1.29 is 14.8 Å². The summed E-state index contributed by atoms with van der Waals surface area (Å²) in [4.78, 5) is 21.2. The first-order chi connectivity index (χ1) is 8.36. The fraction of sp³-hybridized carbons (Fsp3) is 0.300. The van der Waals surface area contributed by atoms with Gasteiger partial charge in [-0.05, 0) is 6.42 Å². The van der Waals surface area contributed by atoms with Crippen LogP contribution in [0, 0.1) is 10.1 Å². The van der Waals surface area contributed by atoms with E-state index in [9.17, 15) is 14.9 Å². The molecule has 1 aromatic rings. The van der Waals surface area contributed by atoms with Gasteiger partial charge < -0.3 is 5.11 Å². The number of nitrogens with zero attached hydrogens (tertiary/aromatic N) is 1. The number of nitro groups is 1. The highest BCUT2D eigenvalue weighted by molar-refractivity contribution is 8.00. The van der Waals surface area contributed by atoms with Crippen LogP contribution < -0.4 is 0 Å². The SMILES string of the molecule is CCC(Sc1c(Cl)cc([N+](=O)[O-])cc1Cl)C(=O)O. The Morgan fingerprint density at radius 1 is 1.50 bits per heavy atom. The number of halogens is 2. The van der Waals surface area contributed by atoms with Crippen molar-refractivity contribution in [2.45, 2.75) is 23.5 Å². The molecule has 0 aliphatic rings. The molecule has 0 saturated carbocycles. The molecule has 18 heavy (non-hydrogen) atoms. The average Bonchev–Trinajstić information content (AvgIpc) is 2.27. The number of hydrogen-bond acceptors (Lipinski definition) is 4. The van der Waals surface area contributed by atoms with E-state index in [1.165, 1.54) is 0 Å². The van der Waals surface area contributed by atoms with Crippen molar-refractivity contribution in [2.75, 3.05) is 0 Å². The first-order valence-corrected chi connectivity index (χ1v) is 6.53. The Labute approximate surface area is 117 Å². The predicted molar refractivity (Wildman–Crippen MR) is 70.7 cm³/mol. The summed E-state index contributed by atoms with van der Waals surface area (Å²) in [6, 6.07) is 2.31.